The minimum Gasteiger partial charge on any atom is -0.322 e. The summed E-state index contributed by atoms with van der Waals surface area (Å²) in [5.41, 5.74) is 5.57. The first kappa shape index (κ1) is 15.6. The van der Waals surface area contributed by atoms with E-state index in [-0.39, 0.29) is 11.3 Å². The lowest BCUT2D eigenvalue weighted by Gasteiger charge is -2.15. The Morgan fingerprint density at radius 2 is 1.67 bits per heavy atom. The van der Waals surface area contributed by atoms with E-state index < -0.39 is 0 Å². The van der Waals surface area contributed by atoms with Crippen LogP contribution in [0.1, 0.15) is 44.9 Å². The van der Waals surface area contributed by atoms with Gasteiger partial charge < -0.3 is 5.32 Å². The standard InChI is InChI=1S/C18H20ClNO/c1-11-9-12(2)17(13(3)10-11)18(21)20-16-8-6-5-7-15(16)14(4)19/h5-10,14H,1-4H3,(H,20,21). The van der Waals surface area contributed by atoms with Gasteiger partial charge in [-0.05, 0) is 50.5 Å². The Bertz CT molecular complexity index is 654. The molecule has 2 nitrogen and oxygen atoms in total. The highest BCUT2D eigenvalue weighted by molar-refractivity contribution is 6.21. The van der Waals surface area contributed by atoms with Gasteiger partial charge in [-0.1, -0.05) is 35.9 Å². The number of carbonyl (C=O) groups is 1. The zero-order valence-electron chi connectivity index (χ0n) is 12.8. The number of amides is 1. The summed E-state index contributed by atoms with van der Waals surface area (Å²) in [4.78, 5) is 12.6. The molecule has 0 aromatic heterocycles. The Morgan fingerprint density at radius 3 is 2.24 bits per heavy atom. The van der Waals surface area contributed by atoms with Gasteiger partial charge >= 0.3 is 0 Å². The smallest absolute Gasteiger partial charge is 0.256 e. The van der Waals surface area contributed by atoms with E-state index in [1.54, 1.807) is 0 Å². The molecule has 110 valence electrons. The van der Waals surface area contributed by atoms with Crippen molar-refractivity contribution in [2.24, 2.45) is 0 Å². The number of hydrogen-bond acceptors (Lipinski definition) is 1. The van der Waals surface area contributed by atoms with Gasteiger partial charge in [0.1, 0.15) is 0 Å². The second-order valence-corrected chi connectivity index (χ2v) is 6.09. The summed E-state index contributed by atoms with van der Waals surface area (Å²) >= 11 is 6.17. The first-order valence-electron chi connectivity index (χ1n) is 7.02. The molecule has 3 heteroatoms. The minimum absolute atomic E-state index is 0.0882. The molecule has 0 heterocycles. The molecule has 21 heavy (non-hydrogen) atoms. The Labute approximate surface area is 131 Å². The molecule has 0 saturated carbocycles. The summed E-state index contributed by atoms with van der Waals surface area (Å²) < 4.78 is 0. The van der Waals surface area contributed by atoms with Gasteiger partial charge in [0.05, 0.1) is 5.38 Å². The number of alkyl halides is 1. The fourth-order valence-corrected chi connectivity index (χ4v) is 2.87. The highest BCUT2D eigenvalue weighted by Gasteiger charge is 2.15. The Hall–Kier alpha value is -1.80. The molecule has 2 rings (SSSR count). The van der Waals surface area contributed by atoms with Crippen LogP contribution in [0.5, 0.6) is 0 Å². The molecular formula is C18H20ClNO. The van der Waals surface area contributed by atoms with Crippen molar-refractivity contribution in [1.82, 2.24) is 0 Å². The Morgan fingerprint density at radius 1 is 1.10 bits per heavy atom. The number of aryl methyl sites for hydroxylation is 3. The number of nitrogens with one attached hydrogen (secondary N) is 1. The summed E-state index contributed by atoms with van der Waals surface area (Å²) in [7, 11) is 0. The predicted molar refractivity (Wildman–Crippen MR) is 89.3 cm³/mol. The van der Waals surface area contributed by atoms with Crippen molar-refractivity contribution in [2.45, 2.75) is 33.1 Å². The van der Waals surface area contributed by atoms with Crippen molar-refractivity contribution < 1.29 is 4.79 Å². The molecule has 0 bridgehead atoms. The van der Waals surface area contributed by atoms with Crippen LogP contribution in [0.2, 0.25) is 0 Å². The number of benzene rings is 2. The van der Waals surface area contributed by atoms with E-state index in [0.29, 0.717) is 0 Å². The Kier molecular flexibility index (Phi) is 4.69. The molecule has 1 atom stereocenters. The lowest BCUT2D eigenvalue weighted by atomic mass is 9.99. The van der Waals surface area contributed by atoms with Crippen molar-refractivity contribution in [3.05, 3.63) is 64.2 Å². The lowest BCUT2D eigenvalue weighted by Crippen LogP contribution is -2.16. The van der Waals surface area contributed by atoms with E-state index in [0.717, 1.165) is 33.5 Å². The normalized spacial score (nSPS) is 12.0. The maximum absolute atomic E-state index is 12.6. The van der Waals surface area contributed by atoms with Crippen molar-refractivity contribution in [3.8, 4) is 0 Å². The first-order valence-corrected chi connectivity index (χ1v) is 7.46. The number of rotatable bonds is 3. The van der Waals surface area contributed by atoms with Crippen molar-refractivity contribution in [3.63, 3.8) is 0 Å². The maximum Gasteiger partial charge on any atom is 0.256 e. The summed E-state index contributed by atoms with van der Waals surface area (Å²) in [6.45, 7) is 7.86. The zero-order chi connectivity index (χ0) is 15.6. The van der Waals surface area contributed by atoms with Crippen LogP contribution in [0.15, 0.2) is 36.4 Å². The fourth-order valence-electron chi connectivity index (χ4n) is 2.68. The number of carbonyl (C=O) groups excluding carboxylic acids is 1. The molecule has 1 amide bonds. The van der Waals surface area contributed by atoms with Gasteiger partial charge in [0.15, 0.2) is 0 Å². The topological polar surface area (TPSA) is 29.1 Å². The lowest BCUT2D eigenvalue weighted by molar-refractivity contribution is 0.102. The molecule has 0 fully saturated rings. The SMILES string of the molecule is Cc1cc(C)c(C(=O)Nc2ccccc2C(C)Cl)c(C)c1. The van der Waals surface area contributed by atoms with E-state index in [2.05, 4.69) is 5.32 Å². The number of halogens is 1. The highest BCUT2D eigenvalue weighted by Crippen LogP contribution is 2.28. The van der Waals surface area contributed by atoms with Gasteiger partial charge in [0, 0.05) is 11.3 Å². The van der Waals surface area contributed by atoms with Gasteiger partial charge in [-0.15, -0.1) is 11.6 Å². The van der Waals surface area contributed by atoms with Crippen LogP contribution in [0.3, 0.4) is 0 Å². The largest absolute Gasteiger partial charge is 0.322 e. The minimum atomic E-state index is -0.151. The number of para-hydroxylation sites is 1. The van der Waals surface area contributed by atoms with Crippen LogP contribution in [0, 0.1) is 20.8 Å². The zero-order valence-corrected chi connectivity index (χ0v) is 13.6. The van der Waals surface area contributed by atoms with Crippen molar-refractivity contribution >= 4 is 23.2 Å². The van der Waals surface area contributed by atoms with E-state index in [4.69, 9.17) is 11.6 Å². The molecule has 1 unspecified atom stereocenters. The average Bonchev–Trinajstić information content (AvgIpc) is 2.37. The molecule has 0 spiro atoms. The quantitative estimate of drug-likeness (QED) is 0.779. The highest BCUT2D eigenvalue weighted by atomic mass is 35.5. The van der Waals surface area contributed by atoms with Gasteiger partial charge in [0.25, 0.3) is 5.91 Å². The molecule has 0 radical (unpaired) electrons. The number of hydrogen-bond donors (Lipinski definition) is 1. The van der Waals surface area contributed by atoms with Crippen LogP contribution < -0.4 is 5.32 Å². The third kappa shape index (κ3) is 3.45. The van der Waals surface area contributed by atoms with Crippen LogP contribution in [0.25, 0.3) is 0 Å². The molecule has 2 aromatic carbocycles. The van der Waals surface area contributed by atoms with Crippen molar-refractivity contribution in [2.75, 3.05) is 5.32 Å². The van der Waals surface area contributed by atoms with Crippen LogP contribution in [0.4, 0.5) is 5.69 Å². The van der Waals surface area contributed by atoms with Gasteiger partial charge in [-0.3, -0.25) is 4.79 Å². The first-order chi connectivity index (χ1) is 9.90. The second-order valence-electron chi connectivity index (χ2n) is 5.43. The van der Waals surface area contributed by atoms with Gasteiger partial charge in [-0.2, -0.15) is 0 Å². The summed E-state index contributed by atoms with van der Waals surface area (Å²) in [6, 6.07) is 11.7. The van der Waals surface area contributed by atoms with E-state index in [1.807, 2.05) is 64.1 Å². The molecule has 1 N–H and O–H groups in total. The molecule has 0 aliphatic rings. The molecule has 0 aliphatic heterocycles. The van der Waals surface area contributed by atoms with Gasteiger partial charge in [0.2, 0.25) is 0 Å². The van der Waals surface area contributed by atoms with E-state index in [1.165, 1.54) is 0 Å². The predicted octanol–water partition coefficient (Wildman–Crippen LogP) is 5.16. The summed E-state index contributed by atoms with van der Waals surface area (Å²) in [6.07, 6.45) is 0. The van der Waals surface area contributed by atoms with Crippen LogP contribution in [-0.4, -0.2) is 5.91 Å². The molecule has 2 aromatic rings. The monoisotopic (exact) mass is 301 g/mol. The second kappa shape index (κ2) is 6.31. The van der Waals surface area contributed by atoms with E-state index >= 15 is 0 Å². The van der Waals surface area contributed by atoms with Gasteiger partial charge in [-0.25, -0.2) is 0 Å². The van der Waals surface area contributed by atoms with E-state index in [9.17, 15) is 4.79 Å². The summed E-state index contributed by atoms with van der Waals surface area (Å²) in [5, 5.41) is 2.83. The van der Waals surface area contributed by atoms with Crippen molar-refractivity contribution in [1.29, 1.82) is 0 Å². The third-order valence-electron chi connectivity index (χ3n) is 3.54. The Balaban J connectivity index is 2.36. The third-order valence-corrected chi connectivity index (χ3v) is 3.78. The maximum atomic E-state index is 12.6. The van der Waals surface area contributed by atoms with Crippen LogP contribution >= 0.6 is 11.6 Å². The average molecular weight is 302 g/mol. The van der Waals surface area contributed by atoms with Crippen LogP contribution in [-0.2, 0) is 0 Å². The molecular weight excluding hydrogens is 282 g/mol. The summed E-state index contributed by atoms with van der Waals surface area (Å²) in [5.74, 6) is -0.0882. The number of anilines is 1. The molecule has 0 saturated heterocycles. The fraction of sp³-hybridized carbons (Fsp3) is 0.278. The molecule has 0 aliphatic carbocycles.